The molecule has 0 aliphatic rings. The number of rotatable bonds is 4. The maximum Gasteiger partial charge on any atom is 0.163 e. The zero-order chi connectivity index (χ0) is 11.4. The summed E-state index contributed by atoms with van der Waals surface area (Å²) in [5.74, 6) is -1.51. The van der Waals surface area contributed by atoms with Crippen LogP contribution in [-0.4, -0.2) is 6.04 Å². The van der Waals surface area contributed by atoms with Gasteiger partial charge in [0.15, 0.2) is 11.6 Å². The summed E-state index contributed by atoms with van der Waals surface area (Å²) in [6, 6.07) is 2.80. The summed E-state index contributed by atoms with van der Waals surface area (Å²) in [5.41, 5.74) is 6.18. The van der Waals surface area contributed by atoms with Gasteiger partial charge in [0.1, 0.15) is 0 Å². The fourth-order valence-electron chi connectivity index (χ4n) is 1.33. The second-order valence-electron chi connectivity index (χ2n) is 3.53. The highest BCUT2D eigenvalue weighted by Crippen LogP contribution is 2.20. The summed E-state index contributed by atoms with van der Waals surface area (Å²) < 4.78 is 27.1. The largest absolute Gasteiger partial charge is 0.328 e. The van der Waals surface area contributed by atoms with Crippen LogP contribution >= 0.6 is 35.0 Å². The molecule has 0 aliphatic heterocycles. The van der Waals surface area contributed by atoms with Crippen LogP contribution in [0.5, 0.6) is 0 Å². The van der Waals surface area contributed by atoms with Crippen LogP contribution in [0.3, 0.4) is 0 Å². The van der Waals surface area contributed by atoms with Gasteiger partial charge in [0.2, 0.25) is 0 Å². The van der Waals surface area contributed by atoms with E-state index in [9.17, 15) is 8.78 Å². The Morgan fingerprint density at radius 3 is 2.56 bits per heavy atom. The lowest BCUT2D eigenvalue weighted by molar-refractivity contribution is 0.490. The van der Waals surface area contributed by atoms with E-state index in [2.05, 4.69) is 0 Å². The van der Waals surface area contributed by atoms with Gasteiger partial charge in [0.05, 0.1) is 0 Å². The second-order valence-corrected chi connectivity index (χ2v) is 4.69. The van der Waals surface area contributed by atoms with Gasteiger partial charge in [0.25, 0.3) is 0 Å². The van der Waals surface area contributed by atoms with Crippen molar-refractivity contribution in [2.45, 2.75) is 32.2 Å². The SMILES string of the molecule is CCC(N)CCc1c(I)ccc(F)c1F.Cl. The van der Waals surface area contributed by atoms with Crippen molar-refractivity contribution in [1.82, 2.24) is 0 Å². The van der Waals surface area contributed by atoms with E-state index in [1.807, 2.05) is 29.5 Å². The molecule has 16 heavy (non-hydrogen) atoms. The zero-order valence-electron chi connectivity index (χ0n) is 8.97. The molecule has 0 aliphatic carbocycles. The molecule has 0 heterocycles. The van der Waals surface area contributed by atoms with Gasteiger partial charge in [-0.1, -0.05) is 6.92 Å². The van der Waals surface area contributed by atoms with Gasteiger partial charge in [0, 0.05) is 15.2 Å². The number of hydrogen-bond acceptors (Lipinski definition) is 1. The quantitative estimate of drug-likeness (QED) is 0.643. The van der Waals surface area contributed by atoms with Crippen LogP contribution in [0.2, 0.25) is 0 Å². The van der Waals surface area contributed by atoms with Crippen molar-refractivity contribution >= 4 is 35.0 Å². The van der Waals surface area contributed by atoms with Gasteiger partial charge in [-0.25, -0.2) is 8.78 Å². The minimum atomic E-state index is -0.782. The minimum Gasteiger partial charge on any atom is -0.328 e. The smallest absolute Gasteiger partial charge is 0.163 e. The fourth-order valence-corrected chi connectivity index (χ4v) is 2.02. The van der Waals surface area contributed by atoms with Crippen molar-refractivity contribution in [3.63, 3.8) is 0 Å². The molecule has 0 saturated carbocycles. The Labute approximate surface area is 114 Å². The van der Waals surface area contributed by atoms with Gasteiger partial charge >= 0.3 is 0 Å². The van der Waals surface area contributed by atoms with E-state index in [1.165, 1.54) is 0 Å². The third kappa shape index (κ3) is 4.14. The highest BCUT2D eigenvalue weighted by atomic mass is 127. The van der Waals surface area contributed by atoms with Gasteiger partial charge < -0.3 is 5.73 Å². The predicted octanol–water partition coefficient (Wildman–Crippen LogP) is 3.66. The fraction of sp³-hybridized carbons (Fsp3) is 0.455. The molecule has 0 radical (unpaired) electrons. The standard InChI is InChI=1S/C11H14F2IN.ClH/c1-2-7(15)3-4-8-10(14)6-5-9(12)11(8)13;/h5-7H,2-4,15H2,1H3;1H. The van der Waals surface area contributed by atoms with Crippen molar-refractivity contribution in [3.8, 4) is 0 Å². The lowest BCUT2D eigenvalue weighted by atomic mass is 10.0. The third-order valence-electron chi connectivity index (χ3n) is 2.43. The topological polar surface area (TPSA) is 26.0 Å². The maximum atomic E-state index is 13.4. The number of nitrogens with two attached hydrogens (primary N) is 1. The monoisotopic (exact) mass is 361 g/mol. The molecule has 1 aromatic carbocycles. The van der Waals surface area contributed by atoms with E-state index in [-0.39, 0.29) is 18.4 Å². The summed E-state index contributed by atoms with van der Waals surface area (Å²) >= 11 is 2.01. The van der Waals surface area contributed by atoms with E-state index < -0.39 is 11.6 Å². The highest BCUT2D eigenvalue weighted by molar-refractivity contribution is 14.1. The molecule has 0 amide bonds. The third-order valence-corrected chi connectivity index (χ3v) is 3.44. The lowest BCUT2D eigenvalue weighted by Gasteiger charge is -2.10. The average molecular weight is 362 g/mol. The number of benzene rings is 1. The van der Waals surface area contributed by atoms with Gasteiger partial charge in [-0.15, -0.1) is 12.4 Å². The van der Waals surface area contributed by atoms with E-state index in [0.717, 1.165) is 16.1 Å². The van der Waals surface area contributed by atoms with Crippen LogP contribution in [0.1, 0.15) is 25.3 Å². The Hall–Kier alpha value is 0.0600. The predicted molar refractivity (Wildman–Crippen MR) is 72.9 cm³/mol. The molecule has 1 atom stereocenters. The molecular formula is C11H15ClF2IN. The van der Waals surface area contributed by atoms with Crippen LogP contribution in [-0.2, 0) is 6.42 Å². The van der Waals surface area contributed by atoms with E-state index in [0.29, 0.717) is 18.4 Å². The normalized spacial score (nSPS) is 12.1. The molecule has 1 nitrogen and oxygen atoms in total. The Kier molecular flexibility index (Phi) is 7.43. The molecule has 1 rings (SSSR count). The summed E-state index contributed by atoms with van der Waals surface area (Å²) in [4.78, 5) is 0. The molecule has 0 spiro atoms. The van der Waals surface area contributed by atoms with Crippen molar-refractivity contribution in [3.05, 3.63) is 32.9 Å². The van der Waals surface area contributed by atoms with Crippen LogP contribution in [0.4, 0.5) is 8.78 Å². The molecule has 0 bridgehead atoms. The Morgan fingerprint density at radius 1 is 1.38 bits per heavy atom. The molecular weight excluding hydrogens is 346 g/mol. The number of halogens is 4. The molecule has 1 aromatic rings. The Balaban J connectivity index is 0.00000225. The van der Waals surface area contributed by atoms with Gasteiger partial charge in [-0.2, -0.15) is 0 Å². The first kappa shape index (κ1) is 16.1. The van der Waals surface area contributed by atoms with E-state index >= 15 is 0 Å². The van der Waals surface area contributed by atoms with Crippen molar-refractivity contribution in [1.29, 1.82) is 0 Å². The summed E-state index contributed by atoms with van der Waals surface area (Å²) in [7, 11) is 0. The number of hydrogen-bond donors (Lipinski definition) is 1. The van der Waals surface area contributed by atoms with Crippen LogP contribution < -0.4 is 5.73 Å². The summed E-state index contributed by atoms with van der Waals surface area (Å²) in [6.45, 7) is 1.98. The van der Waals surface area contributed by atoms with Crippen molar-refractivity contribution in [2.75, 3.05) is 0 Å². The second kappa shape index (κ2) is 7.40. The van der Waals surface area contributed by atoms with Crippen molar-refractivity contribution in [2.24, 2.45) is 5.73 Å². The lowest BCUT2D eigenvalue weighted by Crippen LogP contribution is -2.19. The molecule has 1 unspecified atom stereocenters. The zero-order valence-corrected chi connectivity index (χ0v) is 11.9. The summed E-state index contributed by atoms with van der Waals surface area (Å²) in [5, 5.41) is 0. The molecule has 92 valence electrons. The first-order chi connectivity index (χ1) is 7.06. The first-order valence-corrected chi connectivity index (χ1v) is 6.02. The maximum absolute atomic E-state index is 13.4. The molecule has 0 saturated heterocycles. The Morgan fingerprint density at radius 2 is 2.00 bits per heavy atom. The molecule has 5 heteroatoms. The Bertz CT molecular complexity index is 347. The first-order valence-electron chi connectivity index (χ1n) is 4.94. The van der Waals surface area contributed by atoms with Gasteiger partial charge in [-0.05, 0) is 54.0 Å². The van der Waals surface area contributed by atoms with Crippen LogP contribution in [0.25, 0.3) is 0 Å². The van der Waals surface area contributed by atoms with E-state index in [4.69, 9.17) is 5.73 Å². The van der Waals surface area contributed by atoms with Crippen molar-refractivity contribution < 1.29 is 8.78 Å². The molecule has 2 N–H and O–H groups in total. The van der Waals surface area contributed by atoms with Gasteiger partial charge in [-0.3, -0.25) is 0 Å². The van der Waals surface area contributed by atoms with E-state index in [1.54, 1.807) is 6.07 Å². The molecule has 0 aromatic heterocycles. The average Bonchev–Trinajstić information content (AvgIpc) is 2.23. The van der Waals surface area contributed by atoms with Crippen LogP contribution in [0, 0.1) is 15.2 Å². The molecule has 0 fully saturated rings. The van der Waals surface area contributed by atoms with Crippen LogP contribution in [0.15, 0.2) is 12.1 Å². The highest BCUT2D eigenvalue weighted by Gasteiger charge is 2.12. The minimum absolute atomic E-state index is 0. The summed E-state index contributed by atoms with van der Waals surface area (Å²) in [6.07, 6.45) is 2.04.